The zero-order valence-electron chi connectivity index (χ0n) is 10.8. The molecule has 0 saturated heterocycles. The topological polar surface area (TPSA) is 54.0 Å². The molecule has 0 radical (unpaired) electrons. The predicted octanol–water partition coefficient (Wildman–Crippen LogP) is 4.02. The molecule has 0 bridgehead atoms. The number of amides is 1. The van der Waals surface area contributed by atoms with Crippen LogP contribution in [0.4, 0.5) is 11.5 Å². The lowest BCUT2D eigenvalue weighted by atomic mass is 10.2. The van der Waals surface area contributed by atoms with Crippen molar-refractivity contribution >= 4 is 51.6 Å². The van der Waals surface area contributed by atoms with Gasteiger partial charge in [0.2, 0.25) is 0 Å². The second kappa shape index (κ2) is 6.90. The first-order valence-corrected chi connectivity index (χ1v) is 7.53. The molecule has 4 nitrogen and oxygen atoms in total. The Balaban J connectivity index is 2.23. The molecular weight excluding hydrogens is 389 g/mol. The lowest BCUT2D eigenvalue weighted by Gasteiger charge is -2.09. The lowest BCUT2D eigenvalue weighted by Crippen LogP contribution is -2.13. The summed E-state index contributed by atoms with van der Waals surface area (Å²) in [5, 5.41) is 6.19. The van der Waals surface area contributed by atoms with Gasteiger partial charge in [0, 0.05) is 15.7 Å². The Morgan fingerprint density at radius 3 is 2.80 bits per heavy atom. The summed E-state index contributed by atoms with van der Waals surface area (Å²) in [4.78, 5) is 16.3. The number of rotatable bonds is 4. The molecule has 1 amide bonds. The van der Waals surface area contributed by atoms with Crippen LogP contribution < -0.4 is 10.6 Å². The Morgan fingerprint density at radius 1 is 1.35 bits per heavy atom. The first-order chi connectivity index (χ1) is 9.60. The number of pyridine rings is 1. The van der Waals surface area contributed by atoms with Crippen LogP contribution in [0.15, 0.2) is 36.4 Å². The van der Waals surface area contributed by atoms with Crippen LogP contribution in [0.3, 0.4) is 0 Å². The molecule has 0 unspecified atom stereocenters. The summed E-state index contributed by atoms with van der Waals surface area (Å²) < 4.78 is 0.977. The van der Waals surface area contributed by atoms with E-state index in [1.54, 1.807) is 12.1 Å². The molecule has 0 fully saturated rings. The van der Waals surface area contributed by atoms with Crippen LogP contribution >= 0.6 is 34.2 Å². The van der Waals surface area contributed by atoms with Gasteiger partial charge in [-0.1, -0.05) is 23.7 Å². The molecule has 0 saturated carbocycles. The van der Waals surface area contributed by atoms with E-state index in [-0.39, 0.29) is 11.1 Å². The Labute approximate surface area is 136 Å². The molecule has 1 aromatic carbocycles. The molecule has 6 heteroatoms. The van der Waals surface area contributed by atoms with E-state index in [1.165, 1.54) is 0 Å². The normalized spacial score (nSPS) is 10.2. The van der Waals surface area contributed by atoms with Crippen LogP contribution in [0.5, 0.6) is 0 Å². The standard InChI is InChI=1S/C14H13ClIN3O/c1-2-17-13-8-9(7-12(15)19-13)14(20)18-11-6-4-3-5-10(11)16/h3-8H,2H2,1H3,(H,17,19)(H,18,20). The first-order valence-electron chi connectivity index (χ1n) is 6.07. The maximum absolute atomic E-state index is 12.2. The number of aromatic nitrogens is 1. The van der Waals surface area contributed by atoms with Crippen molar-refractivity contribution in [1.29, 1.82) is 0 Å². The maximum atomic E-state index is 12.2. The number of nitrogens with zero attached hydrogens (tertiary/aromatic N) is 1. The van der Waals surface area contributed by atoms with Crippen LogP contribution in [-0.2, 0) is 0 Å². The monoisotopic (exact) mass is 401 g/mol. The highest BCUT2D eigenvalue weighted by atomic mass is 127. The van der Waals surface area contributed by atoms with Crippen LogP contribution in [0, 0.1) is 3.57 Å². The number of nitrogens with one attached hydrogen (secondary N) is 2. The molecule has 0 aliphatic rings. The third kappa shape index (κ3) is 3.83. The van der Waals surface area contributed by atoms with Crippen LogP contribution in [0.1, 0.15) is 17.3 Å². The molecule has 104 valence electrons. The molecule has 0 aliphatic carbocycles. The van der Waals surface area contributed by atoms with E-state index < -0.39 is 0 Å². The highest BCUT2D eigenvalue weighted by Gasteiger charge is 2.10. The van der Waals surface area contributed by atoms with Crippen molar-refractivity contribution < 1.29 is 4.79 Å². The molecule has 2 N–H and O–H groups in total. The summed E-state index contributed by atoms with van der Waals surface area (Å²) in [5.74, 6) is 0.380. The van der Waals surface area contributed by atoms with Gasteiger partial charge in [-0.25, -0.2) is 4.98 Å². The van der Waals surface area contributed by atoms with Gasteiger partial charge in [-0.2, -0.15) is 0 Å². The summed E-state index contributed by atoms with van der Waals surface area (Å²) in [6, 6.07) is 10.8. The maximum Gasteiger partial charge on any atom is 0.255 e. The summed E-state index contributed by atoms with van der Waals surface area (Å²) in [7, 11) is 0. The fraction of sp³-hybridized carbons (Fsp3) is 0.143. The number of hydrogen-bond acceptors (Lipinski definition) is 3. The molecule has 20 heavy (non-hydrogen) atoms. The second-order valence-corrected chi connectivity index (χ2v) is 5.58. The highest BCUT2D eigenvalue weighted by Crippen LogP contribution is 2.20. The van der Waals surface area contributed by atoms with Crippen LogP contribution in [-0.4, -0.2) is 17.4 Å². The van der Waals surface area contributed by atoms with E-state index in [0.717, 1.165) is 9.26 Å². The fourth-order valence-electron chi connectivity index (χ4n) is 1.66. The smallest absolute Gasteiger partial charge is 0.255 e. The van der Waals surface area contributed by atoms with Crippen molar-refractivity contribution in [3.63, 3.8) is 0 Å². The van der Waals surface area contributed by atoms with Gasteiger partial charge in [0.25, 0.3) is 5.91 Å². The van der Waals surface area contributed by atoms with Crippen molar-refractivity contribution in [3.05, 3.63) is 50.7 Å². The molecule has 1 heterocycles. The molecule has 2 aromatic rings. The summed E-state index contributed by atoms with van der Waals surface area (Å²) >= 11 is 8.11. The number of benzene rings is 1. The third-order valence-corrected chi connectivity index (χ3v) is 3.67. The zero-order chi connectivity index (χ0) is 14.5. The van der Waals surface area contributed by atoms with E-state index in [0.29, 0.717) is 17.9 Å². The Hall–Kier alpha value is -1.34. The Morgan fingerprint density at radius 2 is 2.10 bits per heavy atom. The van der Waals surface area contributed by atoms with Gasteiger partial charge in [0.15, 0.2) is 0 Å². The lowest BCUT2D eigenvalue weighted by molar-refractivity contribution is 0.102. The van der Waals surface area contributed by atoms with Crippen LogP contribution in [0.25, 0.3) is 0 Å². The van der Waals surface area contributed by atoms with E-state index in [4.69, 9.17) is 11.6 Å². The number of para-hydroxylation sites is 1. The molecule has 0 aliphatic heterocycles. The first kappa shape index (κ1) is 15.1. The minimum Gasteiger partial charge on any atom is -0.370 e. The number of carbonyl (C=O) groups is 1. The molecule has 1 aromatic heterocycles. The average molecular weight is 402 g/mol. The summed E-state index contributed by atoms with van der Waals surface area (Å²) in [5.41, 5.74) is 1.25. The van der Waals surface area contributed by atoms with Crippen LogP contribution in [0.2, 0.25) is 5.15 Å². The molecular formula is C14H13ClIN3O. The predicted molar refractivity (Wildman–Crippen MR) is 90.5 cm³/mol. The minimum atomic E-state index is -0.211. The summed E-state index contributed by atoms with van der Waals surface area (Å²) in [6.07, 6.45) is 0. The number of hydrogen-bond donors (Lipinski definition) is 2. The Bertz CT molecular complexity index is 634. The van der Waals surface area contributed by atoms with Gasteiger partial charge in [0.05, 0.1) is 5.69 Å². The van der Waals surface area contributed by atoms with Gasteiger partial charge in [-0.05, 0) is 53.8 Å². The second-order valence-electron chi connectivity index (χ2n) is 4.03. The van der Waals surface area contributed by atoms with Crippen molar-refractivity contribution in [2.24, 2.45) is 0 Å². The largest absolute Gasteiger partial charge is 0.370 e. The van der Waals surface area contributed by atoms with Crippen molar-refractivity contribution in [3.8, 4) is 0 Å². The third-order valence-electron chi connectivity index (χ3n) is 2.54. The Kier molecular flexibility index (Phi) is 5.19. The van der Waals surface area contributed by atoms with Crippen molar-refractivity contribution in [2.45, 2.75) is 6.92 Å². The minimum absolute atomic E-state index is 0.211. The summed E-state index contributed by atoms with van der Waals surface area (Å²) in [6.45, 7) is 2.67. The zero-order valence-corrected chi connectivity index (χ0v) is 13.7. The number of carbonyl (C=O) groups excluding carboxylic acids is 1. The van der Waals surface area contributed by atoms with E-state index in [1.807, 2.05) is 31.2 Å². The molecule has 2 rings (SSSR count). The highest BCUT2D eigenvalue weighted by molar-refractivity contribution is 14.1. The average Bonchev–Trinajstić information content (AvgIpc) is 2.41. The number of halogens is 2. The van der Waals surface area contributed by atoms with Gasteiger partial charge >= 0.3 is 0 Å². The quantitative estimate of drug-likeness (QED) is 0.601. The van der Waals surface area contributed by atoms with Crippen molar-refractivity contribution in [1.82, 2.24) is 4.98 Å². The number of anilines is 2. The fourth-order valence-corrected chi connectivity index (χ4v) is 2.39. The molecule has 0 spiro atoms. The van der Waals surface area contributed by atoms with E-state index in [2.05, 4.69) is 38.2 Å². The van der Waals surface area contributed by atoms with E-state index >= 15 is 0 Å². The molecule has 0 atom stereocenters. The SMILES string of the molecule is CCNc1cc(C(=O)Nc2ccccc2I)cc(Cl)n1. The van der Waals surface area contributed by atoms with Crippen molar-refractivity contribution in [2.75, 3.05) is 17.2 Å². The van der Waals surface area contributed by atoms with Gasteiger partial charge < -0.3 is 10.6 Å². The van der Waals surface area contributed by atoms with Gasteiger partial charge in [-0.3, -0.25) is 4.79 Å². The van der Waals surface area contributed by atoms with Gasteiger partial charge in [0.1, 0.15) is 11.0 Å². The van der Waals surface area contributed by atoms with E-state index in [9.17, 15) is 4.79 Å². The van der Waals surface area contributed by atoms with Gasteiger partial charge in [-0.15, -0.1) is 0 Å².